The van der Waals surface area contributed by atoms with Crippen molar-refractivity contribution in [2.24, 2.45) is 5.92 Å². The Morgan fingerprint density at radius 2 is 1.88 bits per heavy atom. The lowest BCUT2D eigenvalue weighted by Gasteiger charge is -2.43. The topological polar surface area (TPSA) is 40.6 Å². The van der Waals surface area contributed by atoms with Crippen LogP contribution in [0.5, 0.6) is 0 Å². The Morgan fingerprint density at radius 1 is 1.09 bits per heavy atom. The Bertz CT molecular complexity index is 1110. The molecule has 3 aromatic rings. The number of nitrogens with zero attached hydrogens (tertiary/aromatic N) is 2. The maximum Gasteiger partial charge on any atom is 0.254 e. The van der Waals surface area contributed by atoms with E-state index in [-0.39, 0.29) is 17.9 Å². The molecule has 2 atom stereocenters. The molecule has 5 heteroatoms. The van der Waals surface area contributed by atoms with Gasteiger partial charge in [0, 0.05) is 29.2 Å². The van der Waals surface area contributed by atoms with Crippen LogP contribution in [0.15, 0.2) is 66.0 Å². The van der Waals surface area contributed by atoms with Gasteiger partial charge in [-0.2, -0.15) is 0 Å². The highest BCUT2D eigenvalue weighted by Crippen LogP contribution is 2.45. The van der Waals surface area contributed by atoms with Crippen LogP contribution in [0.2, 0.25) is 0 Å². The van der Waals surface area contributed by atoms with Crippen molar-refractivity contribution in [1.29, 1.82) is 0 Å². The van der Waals surface area contributed by atoms with E-state index in [0.29, 0.717) is 24.6 Å². The van der Waals surface area contributed by atoms with E-state index >= 15 is 0 Å². The summed E-state index contributed by atoms with van der Waals surface area (Å²) in [5, 5.41) is 2.02. The van der Waals surface area contributed by atoms with E-state index in [0.717, 1.165) is 21.7 Å². The van der Waals surface area contributed by atoms with Crippen LogP contribution in [0.4, 0.5) is 5.69 Å². The van der Waals surface area contributed by atoms with Gasteiger partial charge >= 0.3 is 0 Å². The van der Waals surface area contributed by atoms with Crippen LogP contribution in [0, 0.1) is 12.8 Å². The van der Waals surface area contributed by atoms with Gasteiger partial charge in [-0.25, -0.2) is 0 Å². The molecule has 0 bridgehead atoms. The number of thiophene rings is 1. The summed E-state index contributed by atoms with van der Waals surface area (Å²) in [4.78, 5) is 32.7. The maximum atomic E-state index is 14.2. The van der Waals surface area contributed by atoms with Crippen LogP contribution >= 0.6 is 11.3 Å². The Hall–Kier alpha value is -2.92. The van der Waals surface area contributed by atoms with Gasteiger partial charge in [0.05, 0.1) is 12.0 Å². The molecular formula is C27H30N2O2S. The molecular weight excluding hydrogens is 416 g/mol. The van der Waals surface area contributed by atoms with Crippen LogP contribution < -0.4 is 4.90 Å². The smallest absolute Gasteiger partial charge is 0.254 e. The Kier molecular flexibility index (Phi) is 6.47. The van der Waals surface area contributed by atoms with E-state index in [2.05, 4.69) is 13.8 Å². The molecule has 1 aromatic heterocycles. The van der Waals surface area contributed by atoms with Crippen LogP contribution in [-0.4, -0.2) is 29.8 Å². The molecule has 0 unspecified atom stereocenters. The minimum absolute atomic E-state index is 0.00959. The van der Waals surface area contributed by atoms with Gasteiger partial charge in [0.1, 0.15) is 0 Å². The molecule has 4 rings (SSSR count). The van der Waals surface area contributed by atoms with Gasteiger partial charge < -0.3 is 9.80 Å². The normalized spacial score (nSPS) is 18.0. The van der Waals surface area contributed by atoms with Gasteiger partial charge in [-0.15, -0.1) is 11.3 Å². The Balaban J connectivity index is 1.88. The SMILES string of the molecule is CCN(C(=O)[C@@H]1c2ccccc2C(=O)N(CC(C)C)[C@H]1c1cccs1)c1cccc(C)c1. The zero-order valence-corrected chi connectivity index (χ0v) is 19.9. The minimum atomic E-state index is -0.457. The number of rotatable bonds is 6. The largest absolute Gasteiger partial charge is 0.329 e. The molecule has 2 heterocycles. The maximum absolute atomic E-state index is 14.2. The summed E-state index contributed by atoms with van der Waals surface area (Å²) in [7, 11) is 0. The predicted molar refractivity (Wildman–Crippen MR) is 131 cm³/mol. The standard InChI is InChI=1S/C27H30N2O2S/c1-5-28(20-11-8-10-19(4)16-20)27(31)24-21-12-6-7-13-22(21)26(30)29(17-18(2)3)25(24)23-14-9-15-32-23/h6-16,18,24-25H,5,17H2,1-4H3/t24-,25+/m1/s1. The fourth-order valence-electron chi connectivity index (χ4n) is 4.66. The quantitative estimate of drug-likeness (QED) is 0.463. The molecule has 0 radical (unpaired) electrons. The van der Waals surface area contributed by atoms with Crippen molar-refractivity contribution >= 4 is 28.8 Å². The summed E-state index contributed by atoms with van der Waals surface area (Å²) < 4.78 is 0. The highest BCUT2D eigenvalue weighted by Gasteiger charge is 2.46. The fraction of sp³-hybridized carbons (Fsp3) is 0.333. The average molecular weight is 447 g/mol. The fourth-order valence-corrected chi connectivity index (χ4v) is 5.53. The number of anilines is 1. The van der Waals surface area contributed by atoms with Crippen molar-refractivity contribution < 1.29 is 9.59 Å². The van der Waals surface area contributed by atoms with Crippen molar-refractivity contribution in [2.75, 3.05) is 18.0 Å². The number of fused-ring (bicyclic) bond motifs is 1. The number of hydrogen-bond acceptors (Lipinski definition) is 3. The number of benzene rings is 2. The first-order chi connectivity index (χ1) is 15.4. The number of hydrogen-bond donors (Lipinski definition) is 0. The monoisotopic (exact) mass is 446 g/mol. The first-order valence-corrected chi connectivity index (χ1v) is 12.1. The van der Waals surface area contributed by atoms with E-state index in [9.17, 15) is 9.59 Å². The molecule has 1 aliphatic heterocycles. The molecule has 166 valence electrons. The number of carbonyl (C=O) groups excluding carboxylic acids is 2. The summed E-state index contributed by atoms with van der Waals surface area (Å²) in [6.45, 7) is 9.44. The number of likely N-dealkylation sites (N-methyl/N-ethyl adjacent to an activating group) is 1. The van der Waals surface area contributed by atoms with E-state index in [1.807, 2.05) is 89.7 Å². The van der Waals surface area contributed by atoms with E-state index in [4.69, 9.17) is 0 Å². The van der Waals surface area contributed by atoms with Gasteiger partial charge in [-0.1, -0.05) is 50.2 Å². The Morgan fingerprint density at radius 3 is 2.53 bits per heavy atom. The predicted octanol–water partition coefficient (Wildman–Crippen LogP) is 6.05. The number of amides is 2. The molecule has 4 nitrogen and oxygen atoms in total. The third-order valence-corrected chi connectivity index (χ3v) is 6.94. The highest BCUT2D eigenvalue weighted by molar-refractivity contribution is 7.10. The summed E-state index contributed by atoms with van der Waals surface area (Å²) >= 11 is 1.61. The van der Waals surface area contributed by atoms with Gasteiger partial charge in [0.25, 0.3) is 5.91 Å². The van der Waals surface area contributed by atoms with Crippen LogP contribution in [0.25, 0.3) is 0 Å². The lowest BCUT2D eigenvalue weighted by Crippen LogP contribution is -2.49. The zero-order valence-electron chi connectivity index (χ0n) is 19.1. The second-order valence-corrected chi connectivity index (χ2v) is 9.78. The van der Waals surface area contributed by atoms with Gasteiger partial charge in [0.2, 0.25) is 5.91 Å². The summed E-state index contributed by atoms with van der Waals surface area (Å²) in [5.41, 5.74) is 3.48. The molecule has 0 saturated heterocycles. The van der Waals surface area contributed by atoms with Gasteiger partial charge in [-0.3, -0.25) is 9.59 Å². The molecule has 32 heavy (non-hydrogen) atoms. The first kappa shape index (κ1) is 22.3. The number of carbonyl (C=O) groups is 2. The second kappa shape index (κ2) is 9.29. The van der Waals surface area contributed by atoms with Crippen LogP contribution in [0.1, 0.15) is 59.1 Å². The average Bonchev–Trinajstić information content (AvgIpc) is 3.30. The summed E-state index contributed by atoms with van der Waals surface area (Å²) in [6.07, 6.45) is 0. The van der Waals surface area contributed by atoms with Crippen molar-refractivity contribution in [3.05, 3.63) is 87.6 Å². The van der Waals surface area contributed by atoms with Crippen molar-refractivity contribution in [2.45, 2.75) is 39.7 Å². The van der Waals surface area contributed by atoms with Crippen LogP contribution in [0.3, 0.4) is 0 Å². The molecule has 1 aliphatic rings. The highest BCUT2D eigenvalue weighted by atomic mass is 32.1. The van der Waals surface area contributed by atoms with E-state index in [1.54, 1.807) is 11.3 Å². The molecule has 0 spiro atoms. The minimum Gasteiger partial charge on any atom is -0.329 e. The first-order valence-electron chi connectivity index (χ1n) is 11.2. The molecule has 2 aromatic carbocycles. The molecule has 2 amide bonds. The second-order valence-electron chi connectivity index (χ2n) is 8.80. The van der Waals surface area contributed by atoms with Crippen molar-refractivity contribution in [3.8, 4) is 0 Å². The van der Waals surface area contributed by atoms with Crippen LogP contribution in [-0.2, 0) is 4.79 Å². The van der Waals surface area contributed by atoms with Gasteiger partial charge in [-0.05, 0) is 60.5 Å². The molecule has 0 N–H and O–H groups in total. The third-order valence-electron chi connectivity index (χ3n) is 6.00. The molecule has 0 fully saturated rings. The van der Waals surface area contributed by atoms with E-state index < -0.39 is 5.92 Å². The van der Waals surface area contributed by atoms with Gasteiger partial charge in [0.15, 0.2) is 0 Å². The third kappa shape index (κ3) is 4.09. The molecule has 0 aliphatic carbocycles. The van der Waals surface area contributed by atoms with E-state index in [1.165, 1.54) is 0 Å². The van der Waals surface area contributed by atoms with Crippen molar-refractivity contribution in [1.82, 2.24) is 4.90 Å². The lowest BCUT2D eigenvalue weighted by molar-refractivity contribution is -0.121. The van der Waals surface area contributed by atoms with Crippen molar-refractivity contribution in [3.63, 3.8) is 0 Å². The Labute approximate surface area is 194 Å². The summed E-state index contributed by atoms with van der Waals surface area (Å²) in [6, 6.07) is 19.4. The zero-order chi connectivity index (χ0) is 22.8. The molecule has 0 saturated carbocycles. The summed E-state index contributed by atoms with van der Waals surface area (Å²) in [5.74, 6) is -0.121. The number of aryl methyl sites for hydroxylation is 1. The lowest BCUT2D eigenvalue weighted by atomic mass is 9.80.